The zero-order chi connectivity index (χ0) is 19.4. The molecule has 0 amide bonds. The highest BCUT2D eigenvalue weighted by Gasteiger charge is 2.30. The molecule has 0 saturated carbocycles. The minimum Gasteiger partial charge on any atom is -0.457 e. The molecule has 0 unspecified atom stereocenters. The van der Waals surface area contributed by atoms with Crippen LogP contribution in [-0.4, -0.2) is 11.0 Å². The van der Waals surface area contributed by atoms with Crippen molar-refractivity contribution in [3.8, 4) is 11.5 Å². The van der Waals surface area contributed by atoms with Crippen molar-refractivity contribution in [1.29, 1.82) is 0 Å². The van der Waals surface area contributed by atoms with E-state index in [0.29, 0.717) is 17.5 Å². The number of hydrogen-bond acceptors (Lipinski definition) is 2. The lowest BCUT2D eigenvalue weighted by molar-refractivity contribution is -0.137. The summed E-state index contributed by atoms with van der Waals surface area (Å²) in [5.74, 6) is 0.935. The summed E-state index contributed by atoms with van der Waals surface area (Å²) in [6, 6.07) is 16.5. The van der Waals surface area contributed by atoms with Gasteiger partial charge >= 0.3 is 6.18 Å². The molecule has 2 aromatic carbocycles. The van der Waals surface area contributed by atoms with Gasteiger partial charge in [0.25, 0.3) is 0 Å². The largest absolute Gasteiger partial charge is 0.457 e. The van der Waals surface area contributed by atoms with Crippen LogP contribution in [0.1, 0.15) is 25.1 Å². The number of ether oxygens (including phenoxy) is 1. The number of anilines is 1. The van der Waals surface area contributed by atoms with E-state index in [0.717, 1.165) is 30.1 Å². The molecule has 1 N–H and O–H groups in total. The van der Waals surface area contributed by atoms with Crippen LogP contribution in [0.25, 0.3) is 0 Å². The summed E-state index contributed by atoms with van der Waals surface area (Å²) in [7, 11) is 0. The number of H-pyrrole nitrogens is 1. The maximum Gasteiger partial charge on any atom is 0.416 e. The Bertz CT molecular complexity index is 839. The second-order valence-electron chi connectivity index (χ2n) is 6.54. The average Bonchev–Trinajstić information content (AvgIpc) is 3.13. The van der Waals surface area contributed by atoms with E-state index >= 15 is 0 Å². The fraction of sp³-hybridized carbons (Fsp3) is 0.238. The molecular weight excluding hydrogens is 353 g/mol. The van der Waals surface area contributed by atoms with Gasteiger partial charge in [-0.25, -0.2) is 0 Å². The van der Waals surface area contributed by atoms with Crippen molar-refractivity contribution < 1.29 is 17.9 Å². The standard InChI is InChI=1S/C21H21F3N2O/c1-15(2)26(14-17-4-3-13-25-17)18-7-11-20(12-8-18)27-19-9-5-16(6-10-19)21(22,23)24/h3-13,15,25H,14H2,1-2H3. The van der Waals surface area contributed by atoms with Gasteiger partial charge in [-0.05, 0) is 74.5 Å². The Hall–Kier alpha value is -2.89. The van der Waals surface area contributed by atoms with Gasteiger partial charge in [-0.1, -0.05) is 0 Å². The second kappa shape index (κ2) is 7.78. The molecule has 0 radical (unpaired) electrons. The Kier molecular flexibility index (Phi) is 5.44. The van der Waals surface area contributed by atoms with E-state index in [4.69, 9.17) is 4.74 Å². The molecule has 1 aromatic heterocycles. The highest BCUT2D eigenvalue weighted by Crippen LogP contribution is 2.32. The van der Waals surface area contributed by atoms with Crippen LogP contribution in [0.3, 0.4) is 0 Å². The van der Waals surface area contributed by atoms with Gasteiger partial charge in [0.15, 0.2) is 0 Å². The maximum atomic E-state index is 12.6. The lowest BCUT2D eigenvalue weighted by Crippen LogP contribution is -2.30. The van der Waals surface area contributed by atoms with Crippen molar-refractivity contribution in [2.24, 2.45) is 0 Å². The molecule has 3 aromatic rings. The van der Waals surface area contributed by atoms with E-state index in [1.807, 2.05) is 42.6 Å². The van der Waals surface area contributed by atoms with Crippen LogP contribution in [0.2, 0.25) is 0 Å². The number of benzene rings is 2. The van der Waals surface area contributed by atoms with Crippen LogP contribution in [0.4, 0.5) is 18.9 Å². The molecule has 1 heterocycles. The molecule has 3 nitrogen and oxygen atoms in total. The summed E-state index contributed by atoms with van der Waals surface area (Å²) in [5.41, 5.74) is 1.47. The SMILES string of the molecule is CC(C)N(Cc1ccc[nH]1)c1ccc(Oc2ccc(C(F)(F)F)cc2)cc1. The summed E-state index contributed by atoms with van der Waals surface area (Å²) >= 11 is 0. The van der Waals surface area contributed by atoms with Gasteiger partial charge in [0.05, 0.1) is 12.1 Å². The quantitative estimate of drug-likeness (QED) is 0.553. The van der Waals surface area contributed by atoms with E-state index in [2.05, 4.69) is 23.7 Å². The van der Waals surface area contributed by atoms with Crippen LogP contribution in [0, 0.1) is 0 Å². The van der Waals surface area contributed by atoms with Gasteiger partial charge in [0.2, 0.25) is 0 Å². The molecule has 0 fully saturated rings. The Labute approximate surface area is 156 Å². The summed E-state index contributed by atoms with van der Waals surface area (Å²) in [6.45, 7) is 4.99. The van der Waals surface area contributed by atoms with Crippen LogP contribution < -0.4 is 9.64 Å². The smallest absolute Gasteiger partial charge is 0.416 e. The fourth-order valence-electron chi connectivity index (χ4n) is 2.78. The first-order valence-electron chi connectivity index (χ1n) is 8.67. The molecular formula is C21H21F3N2O. The Morgan fingerprint density at radius 3 is 2.00 bits per heavy atom. The lowest BCUT2D eigenvalue weighted by Gasteiger charge is -2.28. The first-order chi connectivity index (χ1) is 12.8. The van der Waals surface area contributed by atoms with Gasteiger partial charge in [-0.2, -0.15) is 13.2 Å². The third-order valence-corrected chi connectivity index (χ3v) is 4.21. The molecule has 0 aliphatic carbocycles. The third-order valence-electron chi connectivity index (χ3n) is 4.21. The van der Waals surface area contributed by atoms with Crippen LogP contribution >= 0.6 is 0 Å². The normalized spacial score (nSPS) is 11.6. The summed E-state index contributed by atoms with van der Waals surface area (Å²) in [5, 5.41) is 0. The van der Waals surface area contributed by atoms with Crippen LogP contribution in [0.15, 0.2) is 66.9 Å². The van der Waals surface area contributed by atoms with Gasteiger partial charge in [-0.15, -0.1) is 0 Å². The Balaban J connectivity index is 1.70. The first kappa shape index (κ1) is 18.9. The van der Waals surface area contributed by atoms with E-state index in [9.17, 15) is 13.2 Å². The van der Waals surface area contributed by atoms with E-state index < -0.39 is 11.7 Å². The molecule has 0 spiro atoms. The van der Waals surface area contributed by atoms with Gasteiger partial charge in [-0.3, -0.25) is 0 Å². The topological polar surface area (TPSA) is 28.3 Å². The number of aromatic nitrogens is 1. The van der Waals surface area contributed by atoms with Gasteiger partial charge < -0.3 is 14.6 Å². The van der Waals surface area contributed by atoms with Crippen molar-refractivity contribution in [2.45, 2.75) is 32.6 Å². The third kappa shape index (κ3) is 4.84. The predicted octanol–water partition coefficient (Wildman–Crippen LogP) is 6.24. The van der Waals surface area contributed by atoms with Crippen LogP contribution in [-0.2, 0) is 12.7 Å². The zero-order valence-corrected chi connectivity index (χ0v) is 15.1. The number of hydrogen-bond donors (Lipinski definition) is 1. The Morgan fingerprint density at radius 2 is 1.52 bits per heavy atom. The summed E-state index contributed by atoms with van der Waals surface area (Å²) in [6.07, 6.45) is -2.45. The number of alkyl halides is 3. The minimum absolute atomic E-state index is 0.301. The fourth-order valence-corrected chi connectivity index (χ4v) is 2.78. The second-order valence-corrected chi connectivity index (χ2v) is 6.54. The molecule has 0 aliphatic heterocycles. The van der Waals surface area contributed by atoms with E-state index in [1.54, 1.807) is 0 Å². The number of nitrogens with zero attached hydrogens (tertiary/aromatic N) is 1. The van der Waals surface area contributed by atoms with Crippen molar-refractivity contribution >= 4 is 5.69 Å². The molecule has 3 rings (SSSR count). The van der Waals surface area contributed by atoms with Crippen molar-refractivity contribution in [2.75, 3.05) is 4.90 Å². The zero-order valence-electron chi connectivity index (χ0n) is 15.1. The van der Waals surface area contributed by atoms with Gasteiger partial charge in [0, 0.05) is 23.6 Å². The average molecular weight is 374 g/mol. The monoisotopic (exact) mass is 374 g/mol. The van der Waals surface area contributed by atoms with E-state index in [1.165, 1.54) is 12.1 Å². The highest BCUT2D eigenvalue weighted by molar-refractivity contribution is 5.50. The van der Waals surface area contributed by atoms with Crippen molar-refractivity contribution in [3.05, 3.63) is 78.1 Å². The van der Waals surface area contributed by atoms with Crippen molar-refractivity contribution in [3.63, 3.8) is 0 Å². The van der Waals surface area contributed by atoms with Crippen LogP contribution in [0.5, 0.6) is 11.5 Å². The molecule has 6 heteroatoms. The number of aromatic amines is 1. The molecule has 27 heavy (non-hydrogen) atoms. The molecule has 0 atom stereocenters. The number of rotatable bonds is 6. The molecule has 0 aliphatic rings. The minimum atomic E-state index is -4.35. The summed E-state index contributed by atoms with van der Waals surface area (Å²) in [4.78, 5) is 5.45. The molecule has 0 bridgehead atoms. The molecule has 0 saturated heterocycles. The highest BCUT2D eigenvalue weighted by atomic mass is 19.4. The van der Waals surface area contributed by atoms with E-state index in [-0.39, 0.29) is 0 Å². The van der Waals surface area contributed by atoms with Crippen molar-refractivity contribution in [1.82, 2.24) is 4.98 Å². The first-order valence-corrected chi connectivity index (χ1v) is 8.67. The lowest BCUT2D eigenvalue weighted by atomic mass is 10.2. The number of halogens is 3. The number of nitrogens with one attached hydrogen (secondary N) is 1. The summed E-state index contributed by atoms with van der Waals surface area (Å²) < 4.78 is 43.5. The van der Waals surface area contributed by atoms with Gasteiger partial charge in [0.1, 0.15) is 11.5 Å². The maximum absolute atomic E-state index is 12.6. The Morgan fingerprint density at radius 1 is 0.926 bits per heavy atom. The predicted molar refractivity (Wildman–Crippen MR) is 100 cm³/mol. The molecule has 142 valence electrons.